The zero-order valence-electron chi connectivity index (χ0n) is 12.1. The van der Waals surface area contributed by atoms with Gasteiger partial charge in [0.2, 0.25) is 0 Å². The van der Waals surface area contributed by atoms with Crippen LogP contribution in [0.1, 0.15) is 25.7 Å². The molecule has 3 N–H and O–H groups in total. The highest BCUT2D eigenvalue weighted by atomic mass is 16.5. The zero-order valence-corrected chi connectivity index (χ0v) is 12.1. The zero-order chi connectivity index (χ0) is 15.3. The SMILES string of the molecule is COC1(C(=O)Nc2ccc(OCC(N)=O)cc2)CCCC1. The van der Waals surface area contributed by atoms with Crippen molar-refractivity contribution in [3.8, 4) is 5.75 Å². The molecule has 1 aliphatic rings. The van der Waals surface area contributed by atoms with Crippen LogP contribution in [0.25, 0.3) is 0 Å². The molecular formula is C15H20N2O4. The first-order valence-electron chi connectivity index (χ1n) is 6.93. The molecule has 6 nitrogen and oxygen atoms in total. The van der Waals surface area contributed by atoms with Gasteiger partial charge in [0.1, 0.15) is 11.4 Å². The average Bonchev–Trinajstić information content (AvgIpc) is 2.96. The van der Waals surface area contributed by atoms with Gasteiger partial charge in [0.05, 0.1) is 0 Å². The monoisotopic (exact) mass is 292 g/mol. The normalized spacial score (nSPS) is 16.4. The van der Waals surface area contributed by atoms with Crippen molar-refractivity contribution in [3.63, 3.8) is 0 Å². The van der Waals surface area contributed by atoms with E-state index in [-0.39, 0.29) is 12.5 Å². The third-order valence-corrected chi connectivity index (χ3v) is 3.71. The Morgan fingerprint density at radius 2 is 1.86 bits per heavy atom. The van der Waals surface area contributed by atoms with E-state index >= 15 is 0 Å². The summed E-state index contributed by atoms with van der Waals surface area (Å²) in [7, 11) is 1.58. The average molecular weight is 292 g/mol. The maximum Gasteiger partial charge on any atom is 0.256 e. The lowest BCUT2D eigenvalue weighted by atomic mass is 10.0. The second kappa shape index (κ2) is 6.58. The van der Waals surface area contributed by atoms with Gasteiger partial charge in [0.15, 0.2) is 6.61 Å². The van der Waals surface area contributed by atoms with Gasteiger partial charge in [-0.2, -0.15) is 0 Å². The van der Waals surface area contributed by atoms with Crippen LogP contribution in [-0.4, -0.2) is 31.1 Å². The summed E-state index contributed by atoms with van der Waals surface area (Å²) >= 11 is 0. The molecule has 1 aromatic carbocycles. The van der Waals surface area contributed by atoms with Crippen LogP contribution in [0.3, 0.4) is 0 Å². The van der Waals surface area contributed by atoms with Gasteiger partial charge < -0.3 is 20.5 Å². The van der Waals surface area contributed by atoms with Crippen molar-refractivity contribution >= 4 is 17.5 Å². The summed E-state index contributed by atoms with van der Waals surface area (Å²) in [6, 6.07) is 6.78. The van der Waals surface area contributed by atoms with Gasteiger partial charge in [0.25, 0.3) is 11.8 Å². The molecule has 1 fully saturated rings. The van der Waals surface area contributed by atoms with Gasteiger partial charge >= 0.3 is 0 Å². The topological polar surface area (TPSA) is 90.7 Å². The number of anilines is 1. The van der Waals surface area contributed by atoms with E-state index in [9.17, 15) is 9.59 Å². The third kappa shape index (κ3) is 3.72. The smallest absolute Gasteiger partial charge is 0.256 e. The molecule has 0 radical (unpaired) electrons. The van der Waals surface area contributed by atoms with E-state index in [1.165, 1.54) is 0 Å². The van der Waals surface area contributed by atoms with E-state index in [1.54, 1.807) is 31.4 Å². The number of nitrogens with two attached hydrogens (primary N) is 1. The lowest BCUT2D eigenvalue weighted by molar-refractivity contribution is -0.137. The van der Waals surface area contributed by atoms with Crippen molar-refractivity contribution < 1.29 is 19.1 Å². The Morgan fingerprint density at radius 1 is 1.24 bits per heavy atom. The van der Waals surface area contributed by atoms with Gasteiger partial charge in [-0.3, -0.25) is 9.59 Å². The molecule has 114 valence electrons. The van der Waals surface area contributed by atoms with Crippen molar-refractivity contribution in [1.29, 1.82) is 0 Å². The van der Waals surface area contributed by atoms with E-state index in [0.29, 0.717) is 11.4 Å². The molecule has 0 bridgehead atoms. The van der Waals surface area contributed by atoms with E-state index < -0.39 is 11.5 Å². The third-order valence-electron chi connectivity index (χ3n) is 3.71. The number of carbonyl (C=O) groups is 2. The highest BCUT2D eigenvalue weighted by molar-refractivity contribution is 5.97. The molecule has 0 aliphatic heterocycles. The summed E-state index contributed by atoms with van der Waals surface area (Å²) in [4.78, 5) is 23.0. The number of hydrogen-bond acceptors (Lipinski definition) is 4. The largest absolute Gasteiger partial charge is 0.484 e. The molecule has 0 heterocycles. The predicted molar refractivity (Wildman–Crippen MR) is 78.0 cm³/mol. The van der Waals surface area contributed by atoms with Gasteiger partial charge in [-0.25, -0.2) is 0 Å². The summed E-state index contributed by atoms with van der Waals surface area (Å²) in [5.74, 6) is -0.127. The van der Waals surface area contributed by atoms with Gasteiger partial charge in [0, 0.05) is 12.8 Å². The molecule has 2 amide bonds. The molecule has 2 rings (SSSR count). The Hall–Kier alpha value is -2.08. The minimum absolute atomic E-state index is 0.117. The Labute approximate surface area is 123 Å². The Bertz CT molecular complexity index is 507. The molecule has 1 aromatic rings. The second-order valence-corrected chi connectivity index (χ2v) is 5.14. The lowest BCUT2D eigenvalue weighted by Gasteiger charge is -2.25. The summed E-state index contributed by atoms with van der Waals surface area (Å²) < 4.78 is 10.6. The number of benzene rings is 1. The highest BCUT2D eigenvalue weighted by Crippen LogP contribution is 2.33. The summed E-state index contributed by atoms with van der Waals surface area (Å²) in [5.41, 5.74) is 4.96. The number of ether oxygens (including phenoxy) is 2. The molecule has 0 unspecified atom stereocenters. The quantitative estimate of drug-likeness (QED) is 0.830. The van der Waals surface area contributed by atoms with E-state index in [1.807, 2.05) is 0 Å². The number of rotatable bonds is 6. The Kier molecular flexibility index (Phi) is 4.80. The number of amides is 2. The van der Waals surface area contributed by atoms with E-state index in [0.717, 1.165) is 25.7 Å². The minimum atomic E-state index is -0.707. The molecule has 0 spiro atoms. The lowest BCUT2D eigenvalue weighted by Crippen LogP contribution is -2.42. The number of primary amides is 1. The molecule has 0 atom stereocenters. The number of hydrogen-bond donors (Lipinski definition) is 2. The first-order chi connectivity index (χ1) is 10.1. The fourth-order valence-electron chi connectivity index (χ4n) is 2.50. The maximum absolute atomic E-state index is 12.3. The summed E-state index contributed by atoms with van der Waals surface area (Å²) in [6.45, 7) is -0.168. The Morgan fingerprint density at radius 3 is 2.38 bits per heavy atom. The van der Waals surface area contributed by atoms with Crippen LogP contribution in [0.5, 0.6) is 5.75 Å². The van der Waals surface area contributed by atoms with Crippen molar-refractivity contribution in [2.45, 2.75) is 31.3 Å². The second-order valence-electron chi connectivity index (χ2n) is 5.14. The first kappa shape index (κ1) is 15.3. The van der Waals surface area contributed by atoms with Crippen LogP contribution >= 0.6 is 0 Å². The molecule has 1 saturated carbocycles. The molecular weight excluding hydrogens is 272 g/mol. The number of nitrogens with one attached hydrogen (secondary N) is 1. The highest BCUT2D eigenvalue weighted by Gasteiger charge is 2.41. The number of methoxy groups -OCH3 is 1. The molecule has 0 aromatic heterocycles. The molecule has 6 heteroatoms. The first-order valence-corrected chi connectivity index (χ1v) is 6.93. The van der Waals surface area contributed by atoms with Crippen molar-refractivity contribution in [2.24, 2.45) is 5.73 Å². The van der Waals surface area contributed by atoms with Gasteiger partial charge in [-0.05, 0) is 49.9 Å². The van der Waals surface area contributed by atoms with E-state index in [2.05, 4.69) is 5.32 Å². The van der Waals surface area contributed by atoms with Crippen LogP contribution < -0.4 is 15.8 Å². The van der Waals surface area contributed by atoms with Crippen LogP contribution in [0, 0.1) is 0 Å². The van der Waals surface area contributed by atoms with Crippen LogP contribution in [0.15, 0.2) is 24.3 Å². The van der Waals surface area contributed by atoms with Crippen molar-refractivity contribution in [3.05, 3.63) is 24.3 Å². The van der Waals surface area contributed by atoms with Crippen LogP contribution in [0.2, 0.25) is 0 Å². The van der Waals surface area contributed by atoms with E-state index in [4.69, 9.17) is 15.2 Å². The van der Waals surface area contributed by atoms with Crippen molar-refractivity contribution in [2.75, 3.05) is 19.0 Å². The van der Waals surface area contributed by atoms with Crippen LogP contribution in [-0.2, 0) is 14.3 Å². The van der Waals surface area contributed by atoms with Gasteiger partial charge in [-0.1, -0.05) is 0 Å². The number of carbonyl (C=O) groups excluding carboxylic acids is 2. The molecule has 21 heavy (non-hydrogen) atoms. The van der Waals surface area contributed by atoms with Crippen molar-refractivity contribution in [1.82, 2.24) is 0 Å². The predicted octanol–water partition coefficient (Wildman–Crippen LogP) is 1.45. The standard InChI is InChI=1S/C15H20N2O4/c1-20-15(8-2-3-9-15)14(19)17-11-4-6-12(7-5-11)21-10-13(16)18/h4-7H,2-3,8-10H2,1H3,(H2,16,18)(H,17,19). The van der Waals surface area contributed by atoms with Crippen LogP contribution in [0.4, 0.5) is 5.69 Å². The minimum Gasteiger partial charge on any atom is -0.484 e. The summed E-state index contributed by atoms with van der Waals surface area (Å²) in [6.07, 6.45) is 3.49. The molecule has 1 aliphatic carbocycles. The maximum atomic E-state index is 12.3. The summed E-state index contributed by atoms with van der Waals surface area (Å²) in [5, 5.41) is 2.86. The fraction of sp³-hybridized carbons (Fsp3) is 0.467. The molecule has 0 saturated heterocycles. The Balaban J connectivity index is 1.96. The fourth-order valence-corrected chi connectivity index (χ4v) is 2.50. The van der Waals surface area contributed by atoms with Gasteiger partial charge in [-0.15, -0.1) is 0 Å².